The van der Waals surface area contributed by atoms with Crippen molar-refractivity contribution in [1.29, 1.82) is 0 Å². The van der Waals surface area contributed by atoms with Crippen LogP contribution in [-0.4, -0.2) is 26.2 Å². The molecular weight excluding hydrogens is 230 g/mol. The number of terminal acetylenes is 1. The van der Waals surface area contributed by atoms with Crippen LogP contribution >= 0.6 is 0 Å². The van der Waals surface area contributed by atoms with Gasteiger partial charge in [0.05, 0.1) is 19.8 Å². The molecule has 0 bridgehead atoms. The van der Waals surface area contributed by atoms with Gasteiger partial charge >= 0.3 is 0 Å². The first-order valence-corrected chi connectivity index (χ1v) is 5.59. The number of benzene rings is 1. The van der Waals surface area contributed by atoms with E-state index < -0.39 is 0 Å². The summed E-state index contributed by atoms with van der Waals surface area (Å²) in [6.07, 6.45) is 5.68. The van der Waals surface area contributed by atoms with Crippen molar-refractivity contribution in [2.24, 2.45) is 0 Å². The zero-order chi connectivity index (χ0) is 13.5. The van der Waals surface area contributed by atoms with E-state index in [9.17, 15) is 4.79 Å². The van der Waals surface area contributed by atoms with Gasteiger partial charge in [-0.05, 0) is 19.1 Å². The third-order valence-electron chi connectivity index (χ3n) is 2.45. The number of carbonyl (C=O) groups excluding carboxylic acids is 1. The minimum Gasteiger partial charge on any atom is -0.493 e. The molecular formula is C14H17NO3. The Bertz CT molecular complexity index is 463. The second-order valence-electron chi connectivity index (χ2n) is 3.82. The number of carbonyl (C=O) groups is 1. The highest BCUT2D eigenvalue weighted by atomic mass is 16.5. The SMILES string of the molecule is C#CCC(C)NC(=O)c1cccc(OC)c1OC. The Balaban J connectivity index is 2.95. The quantitative estimate of drug-likeness (QED) is 0.808. The first-order chi connectivity index (χ1) is 8.63. The van der Waals surface area contributed by atoms with Crippen molar-refractivity contribution in [3.63, 3.8) is 0 Å². The molecule has 1 aromatic carbocycles. The van der Waals surface area contributed by atoms with Crippen molar-refractivity contribution in [2.75, 3.05) is 14.2 Å². The van der Waals surface area contributed by atoms with Crippen molar-refractivity contribution >= 4 is 5.91 Å². The van der Waals surface area contributed by atoms with Crippen molar-refractivity contribution in [3.8, 4) is 23.8 Å². The summed E-state index contributed by atoms with van der Waals surface area (Å²) in [5.41, 5.74) is 0.431. The molecule has 0 saturated carbocycles. The van der Waals surface area contributed by atoms with Crippen LogP contribution < -0.4 is 14.8 Å². The number of methoxy groups -OCH3 is 2. The van der Waals surface area contributed by atoms with E-state index in [4.69, 9.17) is 15.9 Å². The average molecular weight is 247 g/mol. The molecule has 1 rings (SSSR count). The molecule has 1 amide bonds. The maximum atomic E-state index is 12.1. The van der Waals surface area contributed by atoms with Gasteiger partial charge in [-0.2, -0.15) is 0 Å². The van der Waals surface area contributed by atoms with Gasteiger partial charge in [0, 0.05) is 12.5 Å². The third kappa shape index (κ3) is 3.17. The normalized spacial score (nSPS) is 11.2. The highest BCUT2D eigenvalue weighted by molar-refractivity contribution is 5.98. The summed E-state index contributed by atoms with van der Waals surface area (Å²) in [6, 6.07) is 5.07. The summed E-state index contributed by atoms with van der Waals surface area (Å²) in [4.78, 5) is 12.1. The van der Waals surface area contributed by atoms with Crippen molar-refractivity contribution in [3.05, 3.63) is 23.8 Å². The largest absolute Gasteiger partial charge is 0.493 e. The van der Waals surface area contributed by atoms with Gasteiger partial charge in [-0.25, -0.2) is 0 Å². The molecule has 4 nitrogen and oxygen atoms in total. The van der Waals surface area contributed by atoms with Crippen LogP contribution in [0.2, 0.25) is 0 Å². The standard InChI is InChI=1S/C14H17NO3/c1-5-7-10(2)15-14(16)11-8-6-9-12(17-3)13(11)18-4/h1,6,8-10H,7H2,2-4H3,(H,15,16). The smallest absolute Gasteiger partial charge is 0.255 e. The number of nitrogens with one attached hydrogen (secondary N) is 1. The molecule has 18 heavy (non-hydrogen) atoms. The van der Waals surface area contributed by atoms with Gasteiger partial charge in [-0.3, -0.25) is 4.79 Å². The molecule has 96 valence electrons. The predicted molar refractivity (Wildman–Crippen MR) is 69.9 cm³/mol. The molecule has 0 spiro atoms. The molecule has 0 aliphatic carbocycles. The topological polar surface area (TPSA) is 47.6 Å². The number of rotatable bonds is 5. The van der Waals surface area contributed by atoms with Crippen LogP contribution in [0.4, 0.5) is 0 Å². The second kappa shape index (κ2) is 6.55. The van der Waals surface area contributed by atoms with E-state index in [1.165, 1.54) is 14.2 Å². The lowest BCUT2D eigenvalue weighted by molar-refractivity contribution is 0.0937. The molecule has 1 aromatic rings. The van der Waals surface area contributed by atoms with Crippen molar-refractivity contribution < 1.29 is 14.3 Å². The Hall–Kier alpha value is -2.15. The van der Waals surface area contributed by atoms with E-state index in [-0.39, 0.29) is 11.9 Å². The van der Waals surface area contributed by atoms with Gasteiger partial charge in [0.25, 0.3) is 5.91 Å². The fourth-order valence-electron chi connectivity index (χ4n) is 1.60. The minimum absolute atomic E-state index is 0.0848. The Morgan fingerprint density at radius 1 is 1.44 bits per heavy atom. The number of hydrogen-bond donors (Lipinski definition) is 1. The predicted octanol–water partition coefficient (Wildman–Crippen LogP) is 1.85. The zero-order valence-corrected chi connectivity index (χ0v) is 10.8. The van der Waals surface area contributed by atoms with E-state index in [2.05, 4.69) is 11.2 Å². The lowest BCUT2D eigenvalue weighted by Crippen LogP contribution is -2.32. The molecule has 0 saturated heterocycles. The van der Waals surface area contributed by atoms with Gasteiger partial charge in [0.1, 0.15) is 0 Å². The molecule has 0 fully saturated rings. The van der Waals surface area contributed by atoms with E-state index >= 15 is 0 Å². The lowest BCUT2D eigenvalue weighted by atomic mass is 10.1. The number of amides is 1. The first-order valence-electron chi connectivity index (χ1n) is 5.59. The highest BCUT2D eigenvalue weighted by Gasteiger charge is 2.17. The Morgan fingerprint density at radius 2 is 2.17 bits per heavy atom. The number of para-hydroxylation sites is 1. The van der Waals surface area contributed by atoms with Crippen molar-refractivity contribution in [1.82, 2.24) is 5.32 Å². The Kier molecular flexibility index (Phi) is 5.06. The van der Waals surface area contributed by atoms with Gasteiger partial charge in [0.15, 0.2) is 11.5 Å². The number of ether oxygens (including phenoxy) is 2. The van der Waals surface area contributed by atoms with Crippen molar-refractivity contribution in [2.45, 2.75) is 19.4 Å². The molecule has 1 N–H and O–H groups in total. The van der Waals surface area contributed by atoms with E-state index in [1.807, 2.05) is 6.92 Å². The average Bonchev–Trinajstić information content (AvgIpc) is 2.37. The van der Waals surface area contributed by atoms with Gasteiger partial charge in [-0.15, -0.1) is 12.3 Å². The zero-order valence-electron chi connectivity index (χ0n) is 10.8. The van der Waals surface area contributed by atoms with Gasteiger partial charge in [-0.1, -0.05) is 6.07 Å². The molecule has 0 radical (unpaired) electrons. The molecule has 1 atom stereocenters. The summed E-state index contributed by atoms with van der Waals surface area (Å²) in [7, 11) is 3.03. The van der Waals surface area contributed by atoms with Crippen LogP contribution in [0.5, 0.6) is 11.5 Å². The fourth-order valence-corrected chi connectivity index (χ4v) is 1.60. The van der Waals surface area contributed by atoms with Crippen LogP contribution in [-0.2, 0) is 0 Å². The van der Waals surface area contributed by atoms with Gasteiger partial charge in [0.2, 0.25) is 0 Å². The summed E-state index contributed by atoms with van der Waals surface area (Å²) in [5, 5.41) is 2.81. The summed E-state index contributed by atoms with van der Waals surface area (Å²) in [5.74, 6) is 3.22. The van der Waals surface area contributed by atoms with Crippen LogP contribution in [0.3, 0.4) is 0 Å². The van der Waals surface area contributed by atoms with Crippen LogP contribution in [0.1, 0.15) is 23.7 Å². The minimum atomic E-state index is -0.228. The number of hydrogen-bond acceptors (Lipinski definition) is 3. The summed E-state index contributed by atoms with van der Waals surface area (Å²) >= 11 is 0. The fraction of sp³-hybridized carbons (Fsp3) is 0.357. The second-order valence-corrected chi connectivity index (χ2v) is 3.82. The highest BCUT2D eigenvalue weighted by Crippen LogP contribution is 2.30. The van der Waals surface area contributed by atoms with Gasteiger partial charge < -0.3 is 14.8 Å². The van der Waals surface area contributed by atoms with E-state index in [0.717, 1.165) is 0 Å². The monoisotopic (exact) mass is 247 g/mol. The molecule has 4 heteroatoms. The summed E-state index contributed by atoms with van der Waals surface area (Å²) in [6.45, 7) is 1.85. The molecule has 0 aromatic heterocycles. The van der Waals surface area contributed by atoms with E-state index in [0.29, 0.717) is 23.5 Å². The third-order valence-corrected chi connectivity index (χ3v) is 2.45. The van der Waals surface area contributed by atoms with E-state index in [1.54, 1.807) is 18.2 Å². The Morgan fingerprint density at radius 3 is 2.72 bits per heavy atom. The van der Waals surface area contributed by atoms with Crippen LogP contribution in [0.25, 0.3) is 0 Å². The molecule has 0 aliphatic heterocycles. The molecule has 0 aliphatic rings. The van der Waals surface area contributed by atoms with Crippen LogP contribution in [0.15, 0.2) is 18.2 Å². The maximum absolute atomic E-state index is 12.1. The molecule has 1 unspecified atom stereocenters. The molecule has 0 heterocycles. The lowest BCUT2D eigenvalue weighted by Gasteiger charge is -2.15. The Labute approximate surface area is 107 Å². The first kappa shape index (κ1) is 13.9. The summed E-state index contributed by atoms with van der Waals surface area (Å²) < 4.78 is 10.3. The van der Waals surface area contributed by atoms with Crippen LogP contribution in [0, 0.1) is 12.3 Å². The maximum Gasteiger partial charge on any atom is 0.255 e.